The van der Waals surface area contributed by atoms with Crippen LogP contribution in [0, 0.1) is 5.41 Å². The number of hydrazine groups is 1. The lowest BCUT2D eigenvalue weighted by Crippen LogP contribution is -2.54. The second-order valence-corrected chi connectivity index (χ2v) is 4.67. The summed E-state index contributed by atoms with van der Waals surface area (Å²) in [6.45, 7) is 5.00. The quantitative estimate of drug-likeness (QED) is 0.492. The number of nitrogen functional groups attached to an aromatic ring is 1. The highest BCUT2D eigenvalue weighted by molar-refractivity contribution is 5.92. The van der Waals surface area contributed by atoms with E-state index in [-0.39, 0.29) is 17.7 Å². The zero-order valence-electron chi connectivity index (χ0n) is 10.8. The van der Waals surface area contributed by atoms with Gasteiger partial charge in [0.25, 0.3) is 0 Å². The van der Waals surface area contributed by atoms with Crippen LogP contribution in [0.1, 0.15) is 12.7 Å². The molecule has 3 rings (SSSR count). The summed E-state index contributed by atoms with van der Waals surface area (Å²) in [6.07, 6.45) is 1.67. The monoisotopic (exact) mass is 263 g/mol. The van der Waals surface area contributed by atoms with Gasteiger partial charge in [-0.3, -0.25) is 10.4 Å². The first-order valence-corrected chi connectivity index (χ1v) is 6.24. The van der Waals surface area contributed by atoms with Gasteiger partial charge in [-0.2, -0.15) is 0 Å². The third kappa shape index (κ3) is 2.08. The number of nitrogens with zero attached hydrogens (tertiary/aromatic N) is 4. The van der Waals surface area contributed by atoms with E-state index in [0.29, 0.717) is 19.9 Å². The predicted octanol–water partition coefficient (Wildman–Crippen LogP) is -0.414. The number of hydrogen-bond donors (Lipinski definition) is 3. The van der Waals surface area contributed by atoms with Crippen molar-refractivity contribution >= 4 is 17.3 Å². The molecule has 2 aliphatic rings. The van der Waals surface area contributed by atoms with Crippen molar-refractivity contribution < 1.29 is 4.74 Å². The van der Waals surface area contributed by atoms with Crippen molar-refractivity contribution in [2.24, 2.45) is 5.73 Å². The largest absolute Gasteiger partial charge is 0.381 e. The van der Waals surface area contributed by atoms with Crippen molar-refractivity contribution in [2.45, 2.75) is 13.0 Å². The Hall–Kier alpha value is -1.93. The molecule has 8 nitrogen and oxygen atoms in total. The van der Waals surface area contributed by atoms with Gasteiger partial charge in [-0.05, 0) is 6.92 Å². The second-order valence-electron chi connectivity index (χ2n) is 4.67. The van der Waals surface area contributed by atoms with Gasteiger partial charge >= 0.3 is 0 Å². The first-order chi connectivity index (χ1) is 9.16. The Balaban J connectivity index is 1.91. The molecule has 0 aliphatic carbocycles. The van der Waals surface area contributed by atoms with Crippen molar-refractivity contribution in [3.05, 3.63) is 12.0 Å². The zero-order chi connectivity index (χ0) is 13.4. The third-order valence-corrected chi connectivity index (χ3v) is 3.32. The van der Waals surface area contributed by atoms with Crippen molar-refractivity contribution in [2.75, 3.05) is 36.8 Å². The molecule has 4 N–H and O–H groups in total. The number of fused-ring (bicyclic) bond motifs is 1. The average Bonchev–Trinajstić information content (AvgIpc) is 2.82. The fourth-order valence-corrected chi connectivity index (χ4v) is 2.35. The SMILES string of the molecule is C[C@@H]1COCCN1N1CNc2cnc(C(=N)N)nc21. The summed E-state index contributed by atoms with van der Waals surface area (Å²) in [4.78, 5) is 8.42. The van der Waals surface area contributed by atoms with Crippen LogP contribution in [0.25, 0.3) is 0 Å². The van der Waals surface area contributed by atoms with E-state index in [4.69, 9.17) is 15.9 Å². The van der Waals surface area contributed by atoms with E-state index in [2.05, 4.69) is 32.2 Å². The van der Waals surface area contributed by atoms with Gasteiger partial charge in [0.1, 0.15) is 6.67 Å². The van der Waals surface area contributed by atoms with Gasteiger partial charge in [0.15, 0.2) is 17.5 Å². The van der Waals surface area contributed by atoms with E-state index >= 15 is 0 Å². The fraction of sp³-hybridized carbons (Fsp3) is 0.545. The molecule has 0 radical (unpaired) electrons. The summed E-state index contributed by atoms with van der Waals surface area (Å²) in [5, 5.41) is 15.0. The van der Waals surface area contributed by atoms with E-state index in [1.165, 1.54) is 0 Å². The van der Waals surface area contributed by atoms with Crippen LogP contribution in [-0.4, -0.2) is 53.3 Å². The molecule has 0 saturated carbocycles. The molecule has 1 atom stereocenters. The maximum atomic E-state index is 7.43. The van der Waals surface area contributed by atoms with Gasteiger partial charge in [-0.1, -0.05) is 0 Å². The highest BCUT2D eigenvalue weighted by Gasteiger charge is 2.31. The Bertz CT molecular complexity index is 506. The number of ether oxygens (including phenoxy) is 1. The minimum absolute atomic E-state index is 0.121. The normalized spacial score (nSPS) is 23.0. The standard InChI is InChI=1S/C11H17N7O/c1-7-5-19-3-2-17(7)18-6-15-8-4-14-10(9(12)13)16-11(8)18/h4,7,15H,2-3,5-6H2,1H3,(H3,12,13)/t7-/m1/s1. The average molecular weight is 263 g/mol. The topological polar surface area (TPSA) is 103 Å². The molecule has 0 unspecified atom stereocenters. The smallest absolute Gasteiger partial charge is 0.196 e. The van der Waals surface area contributed by atoms with E-state index < -0.39 is 0 Å². The van der Waals surface area contributed by atoms with Crippen LogP contribution < -0.4 is 16.1 Å². The first kappa shape index (κ1) is 12.1. The lowest BCUT2D eigenvalue weighted by molar-refractivity contribution is -0.00546. The summed E-state index contributed by atoms with van der Waals surface area (Å²) in [5.41, 5.74) is 6.31. The van der Waals surface area contributed by atoms with Crippen LogP contribution in [0.15, 0.2) is 6.20 Å². The summed E-state index contributed by atoms with van der Waals surface area (Å²) in [7, 11) is 0. The van der Waals surface area contributed by atoms with Crippen molar-refractivity contribution in [1.29, 1.82) is 5.41 Å². The summed E-state index contributed by atoms with van der Waals surface area (Å²) >= 11 is 0. The molecular weight excluding hydrogens is 246 g/mol. The minimum atomic E-state index is -0.121. The van der Waals surface area contributed by atoms with Crippen LogP contribution in [0.5, 0.6) is 0 Å². The van der Waals surface area contributed by atoms with Crippen LogP contribution in [0.3, 0.4) is 0 Å². The van der Waals surface area contributed by atoms with Crippen LogP contribution in [-0.2, 0) is 4.74 Å². The Morgan fingerprint density at radius 3 is 3.21 bits per heavy atom. The Labute approximate surface area is 111 Å². The summed E-state index contributed by atoms with van der Waals surface area (Å²) in [5.74, 6) is 0.909. The Morgan fingerprint density at radius 1 is 1.63 bits per heavy atom. The number of amidine groups is 1. The summed E-state index contributed by atoms with van der Waals surface area (Å²) < 4.78 is 5.45. The van der Waals surface area contributed by atoms with E-state index in [1.54, 1.807) is 6.20 Å². The van der Waals surface area contributed by atoms with Gasteiger partial charge in [-0.25, -0.2) is 15.0 Å². The lowest BCUT2D eigenvalue weighted by Gasteiger charge is -2.39. The molecule has 1 fully saturated rings. The molecule has 0 aromatic carbocycles. The molecule has 0 spiro atoms. The number of anilines is 2. The molecular formula is C11H17N7O. The maximum Gasteiger partial charge on any atom is 0.196 e. The Kier molecular flexibility index (Phi) is 2.96. The molecule has 0 amide bonds. The lowest BCUT2D eigenvalue weighted by atomic mass is 10.3. The summed E-state index contributed by atoms with van der Waals surface area (Å²) in [6, 6.07) is 0.289. The second kappa shape index (κ2) is 4.63. The van der Waals surface area contributed by atoms with Crippen LogP contribution >= 0.6 is 0 Å². The molecule has 1 aromatic heterocycles. The predicted molar refractivity (Wildman–Crippen MR) is 71.0 cm³/mol. The van der Waals surface area contributed by atoms with Crippen molar-refractivity contribution in [3.63, 3.8) is 0 Å². The number of aromatic nitrogens is 2. The molecule has 1 aromatic rings. The van der Waals surface area contributed by atoms with Crippen LogP contribution in [0.2, 0.25) is 0 Å². The van der Waals surface area contributed by atoms with Gasteiger partial charge in [0, 0.05) is 6.54 Å². The highest BCUT2D eigenvalue weighted by atomic mass is 16.5. The molecule has 8 heteroatoms. The molecule has 1 saturated heterocycles. The highest BCUT2D eigenvalue weighted by Crippen LogP contribution is 2.30. The third-order valence-electron chi connectivity index (χ3n) is 3.32. The van der Waals surface area contributed by atoms with Gasteiger partial charge < -0.3 is 15.8 Å². The maximum absolute atomic E-state index is 7.43. The first-order valence-electron chi connectivity index (χ1n) is 6.24. The number of rotatable bonds is 2. The van der Waals surface area contributed by atoms with Gasteiger partial charge in [0.05, 0.1) is 31.1 Å². The van der Waals surface area contributed by atoms with Gasteiger partial charge in [-0.15, -0.1) is 0 Å². The molecule has 3 heterocycles. The molecule has 102 valence electrons. The van der Waals surface area contributed by atoms with Crippen molar-refractivity contribution in [3.8, 4) is 0 Å². The molecule has 0 bridgehead atoms. The Morgan fingerprint density at radius 2 is 2.47 bits per heavy atom. The number of hydrogen-bond acceptors (Lipinski definition) is 7. The minimum Gasteiger partial charge on any atom is -0.381 e. The fourth-order valence-electron chi connectivity index (χ4n) is 2.35. The number of nitrogens with one attached hydrogen (secondary N) is 2. The number of morpholine rings is 1. The number of nitrogens with two attached hydrogens (primary N) is 1. The van der Waals surface area contributed by atoms with Crippen molar-refractivity contribution in [1.82, 2.24) is 15.0 Å². The van der Waals surface area contributed by atoms with E-state index in [0.717, 1.165) is 18.1 Å². The molecule has 2 aliphatic heterocycles. The van der Waals surface area contributed by atoms with Crippen LogP contribution in [0.4, 0.5) is 11.5 Å². The zero-order valence-corrected chi connectivity index (χ0v) is 10.8. The van der Waals surface area contributed by atoms with E-state index in [9.17, 15) is 0 Å². The van der Waals surface area contributed by atoms with Gasteiger partial charge in [0.2, 0.25) is 0 Å². The van der Waals surface area contributed by atoms with E-state index in [1.807, 2.05) is 0 Å². The molecule has 19 heavy (non-hydrogen) atoms.